The highest BCUT2D eigenvalue weighted by Crippen LogP contribution is 2.26. The number of nitrogens with one attached hydrogen (secondary N) is 2. The second kappa shape index (κ2) is 6.11. The maximum atomic E-state index is 12.2. The quantitative estimate of drug-likeness (QED) is 0.618. The van der Waals surface area contributed by atoms with Gasteiger partial charge in [0, 0.05) is 6.04 Å². The van der Waals surface area contributed by atoms with Gasteiger partial charge in [0.1, 0.15) is 12.6 Å². The van der Waals surface area contributed by atoms with E-state index in [9.17, 15) is 19.2 Å². The van der Waals surface area contributed by atoms with Crippen LogP contribution in [0.1, 0.15) is 32.6 Å². The van der Waals surface area contributed by atoms with Gasteiger partial charge in [-0.05, 0) is 25.7 Å². The number of carboxylic acid groups (broad SMARTS) is 1. The van der Waals surface area contributed by atoms with Gasteiger partial charge in [-0.1, -0.05) is 6.92 Å². The van der Waals surface area contributed by atoms with Gasteiger partial charge in [-0.15, -0.1) is 0 Å². The summed E-state index contributed by atoms with van der Waals surface area (Å²) < 4.78 is 0. The van der Waals surface area contributed by atoms with Gasteiger partial charge >= 0.3 is 12.0 Å². The molecule has 21 heavy (non-hydrogen) atoms. The summed E-state index contributed by atoms with van der Waals surface area (Å²) in [5.74, 6) is -2.28. The van der Waals surface area contributed by atoms with Crippen molar-refractivity contribution in [3.8, 4) is 0 Å². The van der Waals surface area contributed by atoms with E-state index < -0.39 is 35.8 Å². The molecule has 0 spiro atoms. The Bertz CT molecular complexity index is 478. The number of aliphatic carboxylic acids is 1. The molecule has 2 aliphatic rings. The highest BCUT2D eigenvalue weighted by Gasteiger charge is 2.37. The SMILES string of the molecule is CCC1C(=O)NC(=O)CN1C(=O)N[C@H]1CC[C@@H](C(=O)O)C1. The van der Waals surface area contributed by atoms with E-state index >= 15 is 0 Å². The fraction of sp³-hybridized carbons (Fsp3) is 0.692. The average Bonchev–Trinajstić information content (AvgIpc) is 2.86. The first-order chi connectivity index (χ1) is 9.92. The van der Waals surface area contributed by atoms with Crippen molar-refractivity contribution in [2.45, 2.75) is 44.7 Å². The molecule has 8 heteroatoms. The van der Waals surface area contributed by atoms with E-state index in [0.29, 0.717) is 25.7 Å². The number of urea groups is 1. The molecular weight excluding hydrogens is 278 g/mol. The van der Waals surface area contributed by atoms with E-state index in [0.717, 1.165) is 0 Å². The van der Waals surface area contributed by atoms with Crippen LogP contribution < -0.4 is 10.6 Å². The van der Waals surface area contributed by atoms with E-state index in [1.165, 1.54) is 4.90 Å². The maximum absolute atomic E-state index is 12.2. The summed E-state index contributed by atoms with van der Waals surface area (Å²) in [5, 5.41) is 13.9. The Labute approximate surface area is 121 Å². The largest absolute Gasteiger partial charge is 0.481 e. The van der Waals surface area contributed by atoms with Gasteiger partial charge in [0.15, 0.2) is 0 Å². The Morgan fingerprint density at radius 3 is 2.67 bits per heavy atom. The first kappa shape index (κ1) is 15.3. The highest BCUT2D eigenvalue weighted by molar-refractivity contribution is 6.04. The molecule has 0 aromatic rings. The van der Waals surface area contributed by atoms with Crippen molar-refractivity contribution in [1.29, 1.82) is 0 Å². The van der Waals surface area contributed by atoms with Crippen molar-refractivity contribution in [1.82, 2.24) is 15.5 Å². The van der Waals surface area contributed by atoms with Gasteiger partial charge in [-0.2, -0.15) is 0 Å². The molecule has 2 rings (SSSR count). The number of carboxylic acids is 1. The van der Waals surface area contributed by atoms with Crippen LogP contribution in [0.15, 0.2) is 0 Å². The van der Waals surface area contributed by atoms with Crippen LogP contribution in [0.3, 0.4) is 0 Å². The van der Waals surface area contributed by atoms with Gasteiger partial charge in [-0.3, -0.25) is 19.7 Å². The molecule has 1 saturated heterocycles. The lowest BCUT2D eigenvalue weighted by Gasteiger charge is -2.34. The maximum Gasteiger partial charge on any atom is 0.318 e. The van der Waals surface area contributed by atoms with Crippen LogP contribution in [0.25, 0.3) is 0 Å². The molecule has 2 fully saturated rings. The summed E-state index contributed by atoms with van der Waals surface area (Å²) in [4.78, 5) is 47.4. The number of carbonyl (C=O) groups is 4. The summed E-state index contributed by atoms with van der Waals surface area (Å²) in [6.07, 6.45) is 1.91. The molecule has 1 saturated carbocycles. The summed E-state index contributed by atoms with van der Waals surface area (Å²) in [7, 11) is 0. The number of piperazine rings is 1. The van der Waals surface area contributed by atoms with Gasteiger partial charge < -0.3 is 15.3 Å². The summed E-state index contributed by atoms with van der Waals surface area (Å²) >= 11 is 0. The highest BCUT2D eigenvalue weighted by atomic mass is 16.4. The standard InChI is InChI=1S/C13H19N3O5/c1-2-9-11(18)15-10(17)6-16(9)13(21)14-8-4-3-7(5-8)12(19)20/h7-9H,2-6H2,1H3,(H,14,21)(H,19,20)(H,15,17,18)/t7-,8+,9?/m1/s1. The van der Waals surface area contributed by atoms with Gasteiger partial charge in [-0.25, -0.2) is 4.79 Å². The zero-order chi connectivity index (χ0) is 15.6. The van der Waals surface area contributed by atoms with Crippen LogP contribution in [0.4, 0.5) is 4.79 Å². The van der Waals surface area contributed by atoms with Gasteiger partial charge in [0.25, 0.3) is 0 Å². The molecule has 1 aliphatic heterocycles. The molecule has 0 aromatic carbocycles. The van der Waals surface area contributed by atoms with E-state index in [1.54, 1.807) is 6.92 Å². The molecule has 1 aliphatic carbocycles. The molecule has 0 aromatic heterocycles. The Hall–Kier alpha value is -2.12. The average molecular weight is 297 g/mol. The third-order valence-electron chi connectivity index (χ3n) is 4.01. The lowest BCUT2D eigenvalue weighted by Crippen LogP contribution is -2.62. The van der Waals surface area contributed by atoms with Crippen molar-refractivity contribution in [2.24, 2.45) is 5.92 Å². The predicted molar refractivity (Wildman–Crippen MR) is 71.2 cm³/mol. The number of imide groups is 1. The van der Waals surface area contributed by atoms with Crippen LogP contribution in [-0.2, 0) is 14.4 Å². The molecule has 1 unspecified atom stereocenters. The molecule has 1 heterocycles. The van der Waals surface area contributed by atoms with E-state index in [-0.39, 0.29) is 12.6 Å². The first-order valence-electron chi connectivity index (χ1n) is 7.06. The number of rotatable bonds is 3. The molecule has 0 radical (unpaired) electrons. The molecular formula is C13H19N3O5. The monoisotopic (exact) mass is 297 g/mol. The topological polar surface area (TPSA) is 116 Å². The number of carbonyl (C=O) groups excluding carboxylic acids is 3. The van der Waals surface area contributed by atoms with E-state index in [1.807, 2.05) is 0 Å². The van der Waals surface area contributed by atoms with Crippen molar-refractivity contribution < 1.29 is 24.3 Å². The third kappa shape index (κ3) is 3.32. The van der Waals surface area contributed by atoms with Crippen molar-refractivity contribution in [2.75, 3.05) is 6.54 Å². The molecule has 3 N–H and O–H groups in total. The van der Waals surface area contributed by atoms with Crippen molar-refractivity contribution in [3.05, 3.63) is 0 Å². The number of hydrogen-bond acceptors (Lipinski definition) is 4. The zero-order valence-corrected chi connectivity index (χ0v) is 11.8. The van der Waals surface area contributed by atoms with Crippen LogP contribution in [0, 0.1) is 5.92 Å². The van der Waals surface area contributed by atoms with Crippen LogP contribution in [-0.4, -0.2) is 52.4 Å². The van der Waals surface area contributed by atoms with Crippen LogP contribution in [0.5, 0.6) is 0 Å². The second-order valence-electron chi connectivity index (χ2n) is 5.46. The summed E-state index contributed by atoms with van der Waals surface area (Å²) in [5.41, 5.74) is 0. The van der Waals surface area contributed by atoms with Crippen molar-refractivity contribution >= 4 is 23.8 Å². The first-order valence-corrected chi connectivity index (χ1v) is 7.06. The number of hydrogen-bond donors (Lipinski definition) is 3. The van der Waals surface area contributed by atoms with Crippen LogP contribution in [0.2, 0.25) is 0 Å². The lowest BCUT2D eigenvalue weighted by atomic mass is 10.1. The van der Waals surface area contributed by atoms with Crippen molar-refractivity contribution in [3.63, 3.8) is 0 Å². The summed E-state index contributed by atoms with van der Waals surface area (Å²) in [6.45, 7) is 1.60. The van der Waals surface area contributed by atoms with E-state index in [4.69, 9.17) is 5.11 Å². The minimum atomic E-state index is -0.856. The Morgan fingerprint density at radius 2 is 2.10 bits per heavy atom. The molecule has 4 amide bonds. The number of amides is 4. The minimum absolute atomic E-state index is 0.162. The number of nitrogens with zero attached hydrogens (tertiary/aromatic N) is 1. The Kier molecular flexibility index (Phi) is 4.44. The normalized spacial score (nSPS) is 29.2. The smallest absolute Gasteiger partial charge is 0.318 e. The molecule has 0 bridgehead atoms. The fourth-order valence-corrected chi connectivity index (χ4v) is 2.88. The van der Waals surface area contributed by atoms with Gasteiger partial charge in [0.05, 0.1) is 5.92 Å². The Morgan fingerprint density at radius 1 is 1.38 bits per heavy atom. The Balaban J connectivity index is 1.97. The minimum Gasteiger partial charge on any atom is -0.481 e. The van der Waals surface area contributed by atoms with Gasteiger partial charge in [0.2, 0.25) is 11.8 Å². The van der Waals surface area contributed by atoms with Crippen LogP contribution >= 0.6 is 0 Å². The fourth-order valence-electron chi connectivity index (χ4n) is 2.88. The zero-order valence-electron chi connectivity index (χ0n) is 11.8. The predicted octanol–water partition coefficient (Wildman–Crippen LogP) is -0.314. The van der Waals surface area contributed by atoms with E-state index in [2.05, 4.69) is 10.6 Å². The molecule has 116 valence electrons. The summed E-state index contributed by atoms with van der Waals surface area (Å²) in [6, 6.07) is -1.38. The molecule has 8 nitrogen and oxygen atoms in total. The molecule has 3 atom stereocenters. The second-order valence-corrected chi connectivity index (χ2v) is 5.46. The third-order valence-corrected chi connectivity index (χ3v) is 4.01. The lowest BCUT2D eigenvalue weighted by molar-refractivity contribution is -0.141.